The molecule has 0 radical (unpaired) electrons. The number of benzene rings is 2. The summed E-state index contributed by atoms with van der Waals surface area (Å²) in [7, 11) is 0. The second-order valence-corrected chi connectivity index (χ2v) is 6.64. The van der Waals surface area contributed by atoms with Crippen LogP contribution in [0.25, 0.3) is 11.5 Å². The number of nitriles is 1. The molecule has 0 spiro atoms. The Kier molecular flexibility index (Phi) is 5.13. The molecule has 3 aromatic rings. The van der Waals surface area contributed by atoms with Gasteiger partial charge >= 0.3 is 0 Å². The predicted octanol–water partition coefficient (Wildman–Crippen LogP) is 2.57. The van der Waals surface area contributed by atoms with Crippen molar-refractivity contribution in [1.82, 2.24) is 19.9 Å². The van der Waals surface area contributed by atoms with Crippen LogP contribution in [0.1, 0.15) is 21.7 Å². The summed E-state index contributed by atoms with van der Waals surface area (Å²) >= 11 is 0. The minimum absolute atomic E-state index is 0.00457. The molecule has 0 unspecified atom stereocenters. The second-order valence-electron chi connectivity index (χ2n) is 6.64. The Labute approximate surface area is 162 Å². The van der Waals surface area contributed by atoms with Gasteiger partial charge in [0.05, 0.1) is 18.2 Å². The van der Waals surface area contributed by atoms with Crippen molar-refractivity contribution in [2.24, 2.45) is 0 Å². The number of carbonyl (C=O) groups is 1. The van der Waals surface area contributed by atoms with Crippen molar-refractivity contribution in [2.75, 3.05) is 26.2 Å². The molecular formula is C21H19N5O2. The van der Waals surface area contributed by atoms with Gasteiger partial charge in [0.25, 0.3) is 11.8 Å². The molecule has 0 atom stereocenters. The standard InChI is InChI=1S/C21H19N5O2/c22-14-16-6-8-18(9-7-16)21(27)26-12-10-25(11-13-26)15-19-23-20(28-24-19)17-4-2-1-3-5-17/h1-9H,10-13,15H2. The highest BCUT2D eigenvalue weighted by Crippen LogP contribution is 2.17. The molecule has 0 N–H and O–H groups in total. The maximum Gasteiger partial charge on any atom is 0.257 e. The Balaban J connectivity index is 1.32. The van der Waals surface area contributed by atoms with Crippen LogP contribution in [-0.4, -0.2) is 52.0 Å². The SMILES string of the molecule is N#Cc1ccc(C(=O)N2CCN(Cc3noc(-c4ccccc4)n3)CC2)cc1. The van der Waals surface area contributed by atoms with Gasteiger partial charge in [-0.15, -0.1) is 0 Å². The number of amides is 1. The predicted molar refractivity (Wildman–Crippen MR) is 102 cm³/mol. The van der Waals surface area contributed by atoms with Crippen molar-refractivity contribution >= 4 is 5.91 Å². The lowest BCUT2D eigenvalue weighted by atomic mass is 10.1. The van der Waals surface area contributed by atoms with Crippen molar-refractivity contribution in [1.29, 1.82) is 5.26 Å². The first kappa shape index (κ1) is 17.9. The maximum atomic E-state index is 12.6. The van der Waals surface area contributed by atoms with E-state index in [0.29, 0.717) is 42.5 Å². The van der Waals surface area contributed by atoms with E-state index >= 15 is 0 Å². The van der Waals surface area contributed by atoms with Gasteiger partial charge in [0.15, 0.2) is 5.82 Å². The van der Waals surface area contributed by atoms with Gasteiger partial charge in [-0.05, 0) is 36.4 Å². The van der Waals surface area contributed by atoms with Gasteiger partial charge in [-0.1, -0.05) is 23.4 Å². The Morgan fingerprint density at radius 2 is 1.75 bits per heavy atom. The van der Waals surface area contributed by atoms with Gasteiger partial charge in [-0.2, -0.15) is 10.2 Å². The lowest BCUT2D eigenvalue weighted by molar-refractivity contribution is 0.0624. The fourth-order valence-corrected chi connectivity index (χ4v) is 3.20. The molecule has 4 rings (SSSR count). The van der Waals surface area contributed by atoms with Crippen LogP contribution in [-0.2, 0) is 6.54 Å². The molecule has 2 heterocycles. The minimum Gasteiger partial charge on any atom is -0.336 e. The molecule has 0 aliphatic carbocycles. The fraction of sp³-hybridized carbons (Fsp3) is 0.238. The zero-order valence-electron chi connectivity index (χ0n) is 15.3. The normalized spacial score (nSPS) is 14.6. The number of hydrogen-bond acceptors (Lipinski definition) is 6. The molecule has 140 valence electrons. The average molecular weight is 373 g/mol. The molecular weight excluding hydrogens is 354 g/mol. The van der Waals surface area contributed by atoms with Crippen molar-refractivity contribution in [3.05, 3.63) is 71.5 Å². The summed E-state index contributed by atoms with van der Waals surface area (Å²) in [6, 6.07) is 18.5. The molecule has 1 aliphatic rings. The van der Waals surface area contributed by atoms with E-state index in [9.17, 15) is 4.79 Å². The first-order valence-electron chi connectivity index (χ1n) is 9.13. The van der Waals surface area contributed by atoms with Gasteiger partial charge in [-0.25, -0.2) is 0 Å². The molecule has 1 aliphatic heterocycles. The molecule has 1 fully saturated rings. The fourth-order valence-electron chi connectivity index (χ4n) is 3.20. The molecule has 7 heteroatoms. The second kappa shape index (κ2) is 8.03. The van der Waals surface area contributed by atoms with Crippen LogP contribution in [0.15, 0.2) is 59.1 Å². The average Bonchev–Trinajstić information content (AvgIpc) is 3.23. The summed E-state index contributed by atoms with van der Waals surface area (Å²) in [5.74, 6) is 1.16. The molecule has 7 nitrogen and oxygen atoms in total. The van der Waals surface area contributed by atoms with E-state index in [-0.39, 0.29) is 5.91 Å². The lowest BCUT2D eigenvalue weighted by Gasteiger charge is -2.34. The summed E-state index contributed by atoms with van der Waals surface area (Å²) < 4.78 is 5.35. The summed E-state index contributed by atoms with van der Waals surface area (Å²) in [5.41, 5.74) is 2.06. The zero-order valence-corrected chi connectivity index (χ0v) is 15.3. The maximum absolute atomic E-state index is 12.6. The molecule has 0 bridgehead atoms. The van der Waals surface area contributed by atoms with Crippen LogP contribution >= 0.6 is 0 Å². The van der Waals surface area contributed by atoms with Gasteiger partial charge in [-0.3, -0.25) is 9.69 Å². The number of carbonyl (C=O) groups excluding carboxylic acids is 1. The van der Waals surface area contributed by atoms with Gasteiger partial charge in [0.1, 0.15) is 0 Å². The summed E-state index contributed by atoms with van der Waals surface area (Å²) in [6.45, 7) is 3.37. The first-order chi connectivity index (χ1) is 13.7. The highest BCUT2D eigenvalue weighted by molar-refractivity contribution is 5.94. The third kappa shape index (κ3) is 3.92. The van der Waals surface area contributed by atoms with Crippen molar-refractivity contribution in [3.63, 3.8) is 0 Å². The minimum atomic E-state index is -0.00457. The molecule has 28 heavy (non-hydrogen) atoms. The molecule has 1 saturated heterocycles. The van der Waals surface area contributed by atoms with E-state index < -0.39 is 0 Å². The highest BCUT2D eigenvalue weighted by atomic mass is 16.5. The van der Waals surface area contributed by atoms with E-state index in [1.54, 1.807) is 24.3 Å². The van der Waals surface area contributed by atoms with E-state index in [2.05, 4.69) is 21.1 Å². The highest BCUT2D eigenvalue weighted by Gasteiger charge is 2.23. The number of piperazine rings is 1. The molecule has 1 aromatic heterocycles. The van der Waals surface area contributed by atoms with Crippen LogP contribution in [0.4, 0.5) is 0 Å². The number of aromatic nitrogens is 2. The van der Waals surface area contributed by atoms with Crippen LogP contribution in [0.3, 0.4) is 0 Å². The third-order valence-electron chi connectivity index (χ3n) is 4.77. The van der Waals surface area contributed by atoms with Crippen LogP contribution in [0.5, 0.6) is 0 Å². The monoisotopic (exact) mass is 373 g/mol. The summed E-state index contributed by atoms with van der Waals surface area (Å²) in [6.07, 6.45) is 0. The first-order valence-corrected chi connectivity index (χ1v) is 9.13. The quantitative estimate of drug-likeness (QED) is 0.699. The summed E-state index contributed by atoms with van der Waals surface area (Å²) in [4.78, 5) is 21.1. The third-order valence-corrected chi connectivity index (χ3v) is 4.77. The van der Waals surface area contributed by atoms with Crippen LogP contribution in [0.2, 0.25) is 0 Å². The topological polar surface area (TPSA) is 86.3 Å². The Morgan fingerprint density at radius 3 is 2.43 bits per heavy atom. The lowest BCUT2D eigenvalue weighted by Crippen LogP contribution is -2.48. The van der Waals surface area contributed by atoms with E-state index in [1.807, 2.05) is 35.2 Å². The van der Waals surface area contributed by atoms with E-state index in [0.717, 1.165) is 18.7 Å². The molecule has 2 aromatic carbocycles. The Hall–Kier alpha value is -3.50. The number of hydrogen-bond donors (Lipinski definition) is 0. The van der Waals surface area contributed by atoms with Crippen LogP contribution < -0.4 is 0 Å². The van der Waals surface area contributed by atoms with Crippen molar-refractivity contribution < 1.29 is 9.32 Å². The molecule has 0 saturated carbocycles. The Morgan fingerprint density at radius 1 is 1.04 bits per heavy atom. The number of rotatable bonds is 4. The smallest absolute Gasteiger partial charge is 0.257 e. The van der Waals surface area contributed by atoms with Crippen molar-refractivity contribution in [3.8, 4) is 17.5 Å². The van der Waals surface area contributed by atoms with E-state index in [1.165, 1.54) is 0 Å². The zero-order chi connectivity index (χ0) is 19.3. The molecule has 1 amide bonds. The largest absolute Gasteiger partial charge is 0.336 e. The number of nitrogens with zero attached hydrogens (tertiary/aromatic N) is 5. The van der Waals surface area contributed by atoms with Gasteiger partial charge in [0, 0.05) is 37.3 Å². The van der Waals surface area contributed by atoms with E-state index in [4.69, 9.17) is 9.78 Å². The summed E-state index contributed by atoms with van der Waals surface area (Å²) in [5, 5.41) is 12.9. The van der Waals surface area contributed by atoms with Crippen molar-refractivity contribution in [2.45, 2.75) is 6.54 Å². The Bertz CT molecular complexity index is 984. The van der Waals surface area contributed by atoms with Gasteiger partial charge in [0.2, 0.25) is 0 Å². The van der Waals surface area contributed by atoms with Crippen LogP contribution in [0, 0.1) is 11.3 Å². The van der Waals surface area contributed by atoms with Gasteiger partial charge < -0.3 is 9.42 Å².